The van der Waals surface area contributed by atoms with E-state index < -0.39 is 17.4 Å². The minimum Gasteiger partial charge on any atom is -0.272 e. The van der Waals surface area contributed by atoms with Gasteiger partial charge in [-0.3, -0.25) is 5.10 Å². The third-order valence-corrected chi connectivity index (χ3v) is 3.18. The van der Waals surface area contributed by atoms with E-state index in [1.165, 1.54) is 0 Å². The van der Waals surface area contributed by atoms with E-state index in [0.717, 1.165) is 10.8 Å². The van der Waals surface area contributed by atoms with E-state index >= 15 is 0 Å². The topological polar surface area (TPSA) is 52.5 Å². The number of halogens is 3. The van der Waals surface area contributed by atoms with Gasteiger partial charge in [-0.15, -0.1) is 0 Å². The molecule has 0 amide bonds. The first-order chi connectivity index (χ1) is 10.0. The zero-order chi connectivity index (χ0) is 15.0. The van der Waals surface area contributed by atoms with Gasteiger partial charge in [0.1, 0.15) is 17.3 Å². The summed E-state index contributed by atoms with van der Waals surface area (Å²) in [5.41, 5.74) is -1.13. The molecule has 21 heavy (non-hydrogen) atoms. The quantitative estimate of drug-likeness (QED) is 0.732. The summed E-state index contributed by atoms with van der Waals surface area (Å²) < 4.78 is 38.4. The minimum absolute atomic E-state index is 0.00979. The maximum atomic E-state index is 12.8. The van der Waals surface area contributed by atoms with Crippen LogP contribution in [0.15, 0.2) is 42.5 Å². The molecule has 0 bridgehead atoms. The lowest BCUT2D eigenvalue weighted by atomic mass is 10.0. The SMILES string of the molecule is N#Cc1c(-c2ccc3ccccc3c2)n[nH]c1C(F)(F)F. The van der Waals surface area contributed by atoms with E-state index in [-0.39, 0.29) is 5.69 Å². The lowest BCUT2D eigenvalue weighted by Gasteiger charge is -2.04. The number of hydrogen-bond acceptors (Lipinski definition) is 2. The second-order valence-corrected chi connectivity index (χ2v) is 4.49. The van der Waals surface area contributed by atoms with Gasteiger partial charge in [0.05, 0.1) is 0 Å². The highest BCUT2D eigenvalue weighted by atomic mass is 19.4. The lowest BCUT2D eigenvalue weighted by Crippen LogP contribution is -2.07. The number of alkyl halides is 3. The molecule has 1 N–H and O–H groups in total. The Bertz CT molecular complexity index is 856. The Labute approximate surface area is 117 Å². The molecular weight excluding hydrogens is 279 g/mol. The second kappa shape index (κ2) is 4.63. The number of aromatic nitrogens is 2. The first-order valence-corrected chi connectivity index (χ1v) is 6.05. The Hall–Kier alpha value is -2.81. The van der Waals surface area contributed by atoms with E-state index in [9.17, 15) is 13.2 Å². The van der Waals surface area contributed by atoms with Crippen molar-refractivity contribution in [3.05, 3.63) is 53.7 Å². The molecule has 0 fully saturated rings. The summed E-state index contributed by atoms with van der Waals surface area (Å²) in [7, 11) is 0. The number of nitrogens with one attached hydrogen (secondary N) is 1. The van der Waals surface area contributed by atoms with Crippen LogP contribution in [0.1, 0.15) is 11.3 Å². The number of aromatic amines is 1. The smallest absolute Gasteiger partial charge is 0.272 e. The molecule has 3 rings (SSSR count). The van der Waals surface area contributed by atoms with Gasteiger partial charge >= 0.3 is 6.18 Å². The molecule has 3 aromatic rings. The lowest BCUT2D eigenvalue weighted by molar-refractivity contribution is -0.141. The monoisotopic (exact) mass is 287 g/mol. The average Bonchev–Trinajstić information content (AvgIpc) is 2.90. The molecule has 2 aromatic carbocycles. The van der Waals surface area contributed by atoms with Crippen LogP contribution in [0.2, 0.25) is 0 Å². The highest BCUT2D eigenvalue weighted by Crippen LogP contribution is 2.35. The molecule has 0 aliphatic carbocycles. The molecule has 0 aliphatic heterocycles. The third-order valence-electron chi connectivity index (χ3n) is 3.18. The van der Waals surface area contributed by atoms with Crippen LogP contribution >= 0.6 is 0 Å². The van der Waals surface area contributed by atoms with Crippen LogP contribution in [0, 0.1) is 11.3 Å². The van der Waals surface area contributed by atoms with Crippen LogP contribution < -0.4 is 0 Å². The van der Waals surface area contributed by atoms with Crippen molar-refractivity contribution >= 4 is 10.8 Å². The first-order valence-electron chi connectivity index (χ1n) is 6.05. The molecule has 0 radical (unpaired) electrons. The maximum absolute atomic E-state index is 12.8. The van der Waals surface area contributed by atoms with Crippen LogP contribution in [-0.2, 0) is 6.18 Å². The van der Waals surface area contributed by atoms with Gasteiger partial charge < -0.3 is 0 Å². The van der Waals surface area contributed by atoms with Crippen molar-refractivity contribution in [3.63, 3.8) is 0 Å². The van der Waals surface area contributed by atoms with Crippen molar-refractivity contribution in [3.8, 4) is 17.3 Å². The van der Waals surface area contributed by atoms with Gasteiger partial charge in [-0.25, -0.2) is 0 Å². The average molecular weight is 287 g/mol. The number of benzene rings is 2. The Morgan fingerprint density at radius 2 is 1.76 bits per heavy atom. The number of H-pyrrole nitrogens is 1. The van der Waals surface area contributed by atoms with Gasteiger partial charge in [-0.2, -0.15) is 23.5 Å². The fourth-order valence-electron chi connectivity index (χ4n) is 2.20. The predicted octanol–water partition coefficient (Wildman–Crippen LogP) is 4.12. The van der Waals surface area contributed by atoms with Gasteiger partial charge in [0.15, 0.2) is 5.69 Å². The molecule has 1 aromatic heterocycles. The number of nitrogens with zero attached hydrogens (tertiary/aromatic N) is 2. The summed E-state index contributed by atoms with van der Waals surface area (Å²) in [5, 5.41) is 16.4. The van der Waals surface area contributed by atoms with Crippen LogP contribution in [0.5, 0.6) is 0 Å². The summed E-state index contributed by atoms with van der Waals surface area (Å²) >= 11 is 0. The molecule has 6 heteroatoms. The highest BCUT2D eigenvalue weighted by molar-refractivity contribution is 5.87. The number of fused-ring (bicyclic) bond motifs is 1. The summed E-state index contributed by atoms with van der Waals surface area (Å²) in [5.74, 6) is 0. The Kier molecular flexibility index (Phi) is 2.91. The number of nitriles is 1. The van der Waals surface area contributed by atoms with Crippen LogP contribution in [0.3, 0.4) is 0 Å². The molecule has 0 saturated carbocycles. The van der Waals surface area contributed by atoms with Crippen LogP contribution in [0.25, 0.3) is 22.0 Å². The van der Waals surface area contributed by atoms with Crippen molar-refractivity contribution in [1.82, 2.24) is 10.2 Å². The van der Waals surface area contributed by atoms with E-state index in [0.29, 0.717) is 5.56 Å². The van der Waals surface area contributed by atoms with Gasteiger partial charge in [-0.1, -0.05) is 36.4 Å². The maximum Gasteiger partial charge on any atom is 0.434 e. The molecule has 0 atom stereocenters. The van der Waals surface area contributed by atoms with Crippen LogP contribution in [0.4, 0.5) is 13.2 Å². The van der Waals surface area contributed by atoms with Gasteiger partial charge in [0.25, 0.3) is 0 Å². The third kappa shape index (κ3) is 2.23. The second-order valence-electron chi connectivity index (χ2n) is 4.49. The van der Waals surface area contributed by atoms with Gasteiger partial charge in [0, 0.05) is 5.56 Å². The summed E-state index contributed by atoms with van der Waals surface area (Å²) in [6.07, 6.45) is -4.63. The van der Waals surface area contributed by atoms with E-state index in [1.54, 1.807) is 24.3 Å². The summed E-state index contributed by atoms with van der Waals surface area (Å²) in [4.78, 5) is 0. The van der Waals surface area contributed by atoms with E-state index in [2.05, 4.69) is 5.10 Å². The van der Waals surface area contributed by atoms with E-state index in [1.807, 2.05) is 29.4 Å². The van der Waals surface area contributed by atoms with Crippen LogP contribution in [-0.4, -0.2) is 10.2 Å². The molecule has 0 spiro atoms. The standard InChI is InChI=1S/C15H8F3N3/c16-15(17,18)14-12(8-19)13(20-21-14)11-6-5-9-3-1-2-4-10(9)7-11/h1-7H,(H,20,21). The van der Waals surface area contributed by atoms with Crippen molar-refractivity contribution in [2.24, 2.45) is 0 Å². The van der Waals surface area contributed by atoms with Gasteiger partial charge in [0.2, 0.25) is 0 Å². The largest absolute Gasteiger partial charge is 0.434 e. The molecule has 0 aliphatic rings. The fourth-order valence-corrected chi connectivity index (χ4v) is 2.20. The summed E-state index contributed by atoms with van der Waals surface area (Å²) in [6, 6.07) is 14.2. The zero-order valence-electron chi connectivity index (χ0n) is 10.6. The zero-order valence-corrected chi connectivity index (χ0v) is 10.6. The summed E-state index contributed by atoms with van der Waals surface area (Å²) in [6.45, 7) is 0. The van der Waals surface area contributed by atoms with Crippen molar-refractivity contribution in [2.45, 2.75) is 6.18 Å². The minimum atomic E-state index is -4.63. The molecule has 0 saturated heterocycles. The normalized spacial score (nSPS) is 11.5. The van der Waals surface area contributed by atoms with E-state index in [4.69, 9.17) is 5.26 Å². The Balaban J connectivity index is 2.19. The molecule has 104 valence electrons. The molecular formula is C15H8F3N3. The molecule has 0 unspecified atom stereocenters. The van der Waals surface area contributed by atoms with Gasteiger partial charge in [-0.05, 0) is 16.8 Å². The van der Waals surface area contributed by atoms with Crippen molar-refractivity contribution < 1.29 is 13.2 Å². The molecule has 3 nitrogen and oxygen atoms in total. The number of hydrogen-bond donors (Lipinski definition) is 1. The van der Waals surface area contributed by atoms with Crippen molar-refractivity contribution in [1.29, 1.82) is 5.26 Å². The number of rotatable bonds is 1. The highest BCUT2D eigenvalue weighted by Gasteiger charge is 2.37. The fraction of sp³-hybridized carbons (Fsp3) is 0.0667. The Morgan fingerprint density at radius 1 is 1.05 bits per heavy atom. The van der Waals surface area contributed by atoms with Crippen molar-refractivity contribution in [2.75, 3.05) is 0 Å². The predicted molar refractivity (Wildman–Crippen MR) is 71.2 cm³/mol. The Morgan fingerprint density at radius 3 is 2.43 bits per heavy atom. The first kappa shape index (κ1) is 13.2. The molecule has 1 heterocycles.